The van der Waals surface area contributed by atoms with Gasteiger partial charge in [0.1, 0.15) is 12.0 Å². The summed E-state index contributed by atoms with van der Waals surface area (Å²) in [6, 6.07) is 0. The van der Waals surface area contributed by atoms with Gasteiger partial charge >= 0.3 is 51.4 Å². The van der Waals surface area contributed by atoms with E-state index in [9.17, 15) is 9.90 Å². The third-order valence-electron chi connectivity index (χ3n) is 2.68. The van der Waals surface area contributed by atoms with Gasteiger partial charge in [0.25, 0.3) is 0 Å². The van der Waals surface area contributed by atoms with E-state index < -0.39 is 5.97 Å². The van der Waals surface area contributed by atoms with Crippen LogP contribution in [0.5, 0.6) is 0 Å². The summed E-state index contributed by atoms with van der Waals surface area (Å²) in [4.78, 5) is 16.4. The molecule has 0 N–H and O–H groups in total. The molecule has 0 amide bonds. The number of aromatic carboxylic acids is 1. The summed E-state index contributed by atoms with van der Waals surface area (Å²) in [6.45, 7) is 2.23. The van der Waals surface area contributed by atoms with Crippen LogP contribution in [0.25, 0.3) is 0 Å². The molecule has 6 nitrogen and oxygen atoms in total. The maximum Gasteiger partial charge on any atom is 1.00 e. The van der Waals surface area contributed by atoms with Crippen molar-refractivity contribution in [1.82, 2.24) is 9.88 Å². The number of carbonyl (C=O) groups is 1. The van der Waals surface area contributed by atoms with E-state index in [1.165, 1.54) is 0 Å². The number of nitrogens with zero attached hydrogens (tertiary/aromatic N) is 2. The first kappa shape index (κ1) is 15.3. The summed E-state index contributed by atoms with van der Waals surface area (Å²) in [5.74, 6) is -0.915. The first-order valence-electron chi connectivity index (χ1n) is 5.10. The van der Waals surface area contributed by atoms with Crippen LogP contribution in [-0.2, 0) is 11.3 Å². The van der Waals surface area contributed by atoms with Crippen molar-refractivity contribution in [1.29, 1.82) is 0 Å². The van der Waals surface area contributed by atoms with E-state index in [0.717, 1.165) is 25.8 Å². The van der Waals surface area contributed by atoms with Crippen LogP contribution in [0, 0.1) is 0 Å². The van der Waals surface area contributed by atoms with Crippen LogP contribution >= 0.6 is 0 Å². The van der Waals surface area contributed by atoms with Crippen molar-refractivity contribution < 1.29 is 70.4 Å². The van der Waals surface area contributed by atoms with Crippen molar-refractivity contribution in [2.45, 2.75) is 19.1 Å². The zero-order chi connectivity index (χ0) is 11.5. The topological polar surface area (TPSA) is 78.6 Å². The van der Waals surface area contributed by atoms with Crippen LogP contribution < -0.4 is 56.5 Å². The minimum atomic E-state index is -1.31. The molecule has 2 rings (SSSR count). The molecular weight excluding hydrogens is 251 g/mol. The number of carboxylic acid groups (broad SMARTS) is 1. The maximum absolute atomic E-state index is 10.5. The normalized spacial score (nSPS) is 20.2. The average Bonchev–Trinajstić information content (AvgIpc) is 2.87. The predicted octanol–water partition coefficient (Wildman–Crippen LogP) is -3.74. The van der Waals surface area contributed by atoms with Crippen LogP contribution in [0.1, 0.15) is 22.8 Å². The third-order valence-corrected chi connectivity index (χ3v) is 2.68. The molecule has 0 saturated carbocycles. The van der Waals surface area contributed by atoms with Crippen LogP contribution in [-0.4, -0.2) is 42.2 Å². The Kier molecular flexibility index (Phi) is 6.28. The van der Waals surface area contributed by atoms with Gasteiger partial charge in [0.15, 0.2) is 0 Å². The number of carboxylic acids is 1. The fourth-order valence-electron chi connectivity index (χ4n) is 1.80. The van der Waals surface area contributed by atoms with Crippen molar-refractivity contribution >= 4 is 5.97 Å². The summed E-state index contributed by atoms with van der Waals surface area (Å²) in [6.07, 6.45) is 2.33. The molecule has 0 spiro atoms. The summed E-state index contributed by atoms with van der Waals surface area (Å²) < 4.78 is 10.3. The van der Waals surface area contributed by atoms with Crippen LogP contribution in [0.4, 0.5) is 0 Å². The molecular formula is C10H13KN2O4. The SMILES string of the molecule is CO[C@H]1CCN(Cc2nc(C(=O)[O-])co2)C1.[K+]. The third kappa shape index (κ3) is 4.13. The second kappa shape index (κ2) is 6.98. The Hall–Kier alpha value is 0.236. The zero-order valence-electron chi connectivity index (χ0n) is 10.0. The molecule has 0 unspecified atom stereocenters. The van der Waals surface area contributed by atoms with Gasteiger partial charge < -0.3 is 19.1 Å². The number of hydrogen-bond acceptors (Lipinski definition) is 6. The molecule has 0 radical (unpaired) electrons. The molecule has 7 heteroatoms. The Morgan fingerprint density at radius 2 is 2.53 bits per heavy atom. The van der Waals surface area contributed by atoms with E-state index in [0.29, 0.717) is 12.4 Å². The van der Waals surface area contributed by atoms with Gasteiger partial charge in [-0.3, -0.25) is 4.90 Å². The van der Waals surface area contributed by atoms with Crippen LogP contribution in [0.15, 0.2) is 10.7 Å². The predicted molar refractivity (Wildman–Crippen MR) is 51.5 cm³/mol. The minimum Gasteiger partial charge on any atom is -0.543 e. The molecule has 0 aromatic carbocycles. The number of aromatic nitrogens is 1. The average molecular weight is 264 g/mol. The van der Waals surface area contributed by atoms with Gasteiger partial charge in [-0.15, -0.1) is 0 Å². The molecule has 1 aromatic rings. The van der Waals surface area contributed by atoms with E-state index in [1.54, 1.807) is 7.11 Å². The van der Waals surface area contributed by atoms with Gasteiger partial charge in [0.05, 0.1) is 18.6 Å². The first-order valence-corrected chi connectivity index (χ1v) is 5.10. The molecule has 0 bridgehead atoms. The molecule has 88 valence electrons. The van der Waals surface area contributed by atoms with Crippen LogP contribution in [0.3, 0.4) is 0 Å². The van der Waals surface area contributed by atoms with Crippen molar-refractivity contribution in [3.05, 3.63) is 17.8 Å². The van der Waals surface area contributed by atoms with Crippen molar-refractivity contribution in [3.8, 4) is 0 Å². The number of likely N-dealkylation sites (tertiary alicyclic amines) is 1. The summed E-state index contributed by atoms with van der Waals surface area (Å²) >= 11 is 0. The van der Waals surface area contributed by atoms with Gasteiger partial charge in [-0.25, -0.2) is 4.98 Å². The smallest absolute Gasteiger partial charge is 0.543 e. The fraction of sp³-hybridized carbons (Fsp3) is 0.600. The molecule has 1 atom stereocenters. The molecule has 0 aliphatic carbocycles. The Balaban J connectivity index is 0.00000144. The fourth-order valence-corrected chi connectivity index (χ4v) is 1.80. The van der Waals surface area contributed by atoms with E-state index in [2.05, 4.69) is 9.88 Å². The standard InChI is InChI=1S/C10H14N2O4.K/c1-15-7-2-3-12(4-7)5-9-11-8(6-16-9)10(13)14;/h6-7H,2-5H2,1H3,(H,13,14);/q;+1/p-1/t7-;/m0./s1. The maximum atomic E-state index is 10.5. The molecule has 2 heterocycles. The quantitative estimate of drug-likeness (QED) is 0.520. The van der Waals surface area contributed by atoms with Crippen molar-refractivity contribution in [3.63, 3.8) is 0 Å². The summed E-state index contributed by atoms with van der Waals surface area (Å²) in [7, 11) is 1.69. The van der Waals surface area contributed by atoms with Gasteiger partial charge in [-0.1, -0.05) is 0 Å². The monoisotopic (exact) mass is 264 g/mol. The van der Waals surface area contributed by atoms with E-state index in [-0.39, 0.29) is 63.2 Å². The Labute approximate surface area is 142 Å². The number of oxazole rings is 1. The molecule has 1 aliphatic rings. The second-order valence-electron chi connectivity index (χ2n) is 3.80. The van der Waals surface area contributed by atoms with E-state index >= 15 is 0 Å². The number of methoxy groups -OCH3 is 1. The largest absolute Gasteiger partial charge is 1.00 e. The zero-order valence-corrected chi connectivity index (χ0v) is 13.1. The van der Waals surface area contributed by atoms with Gasteiger partial charge in [0.2, 0.25) is 5.89 Å². The second-order valence-corrected chi connectivity index (χ2v) is 3.80. The van der Waals surface area contributed by atoms with Gasteiger partial charge in [0, 0.05) is 20.2 Å². The Morgan fingerprint density at radius 3 is 3.06 bits per heavy atom. The molecule has 1 aromatic heterocycles. The Bertz CT molecular complexity index is 382. The Morgan fingerprint density at radius 1 is 1.76 bits per heavy atom. The van der Waals surface area contributed by atoms with Crippen molar-refractivity contribution in [2.75, 3.05) is 20.2 Å². The number of rotatable bonds is 4. The molecule has 1 fully saturated rings. The molecule has 1 aliphatic heterocycles. The van der Waals surface area contributed by atoms with Crippen molar-refractivity contribution in [2.24, 2.45) is 0 Å². The minimum absolute atomic E-state index is 0. The molecule has 17 heavy (non-hydrogen) atoms. The number of hydrogen-bond donors (Lipinski definition) is 0. The van der Waals surface area contributed by atoms with E-state index in [4.69, 9.17) is 9.15 Å². The van der Waals surface area contributed by atoms with Gasteiger partial charge in [-0.2, -0.15) is 0 Å². The van der Waals surface area contributed by atoms with Gasteiger partial charge in [-0.05, 0) is 6.42 Å². The first-order chi connectivity index (χ1) is 7.69. The molecule has 1 saturated heterocycles. The number of carbonyl (C=O) groups excluding carboxylic acids is 1. The summed E-state index contributed by atoms with van der Waals surface area (Å²) in [5.41, 5.74) is -0.155. The van der Waals surface area contributed by atoms with Crippen LogP contribution in [0.2, 0.25) is 0 Å². The summed E-state index contributed by atoms with van der Waals surface area (Å²) in [5, 5.41) is 10.5. The number of ether oxygens (including phenoxy) is 1. The van der Waals surface area contributed by atoms with E-state index in [1.807, 2.05) is 0 Å².